The number of ether oxygens (including phenoxy) is 1. The summed E-state index contributed by atoms with van der Waals surface area (Å²) in [5, 5.41) is 7.59. The average Bonchev–Trinajstić information content (AvgIpc) is 3.19. The van der Waals surface area contributed by atoms with Crippen molar-refractivity contribution in [1.82, 2.24) is 5.43 Å². The molecule has 2 aliphatic rings. The summed E-state index contributed by atoms with van der Waals surface area (Å²) in [5.74, 6) is 0.648. The maximum absolute atomic E-state index is 13.2. The highest BCUT2D eigenvalue weighted by molar-refractivity contribution is 6.40. The van der Waals surface area contributed by atoms with Gasteiger partial charge in [0, 0.05) is 11.4 Å². The maximum Gasteiger partial charge on any atom is 0.312 e. The van der Waals surface area contributed by atoms with Crippen LogP contribution in [0.2, 0.25) is 10.0 Å². The Morgan fingerprint density at radius 3 is 2.44 bits per heavy atom. The largest absolute Gasteiger partial charge is 1.00 e. The van der Waals surface area contributed by atoms with Gasteiger partial charge >= 0.3 is 5.91 Å². The number of hydrazone groups is 1. The van der Waals surface area contributed by atoms with Crippen molar-refractivity contribution in [3.63, 3.8) is 0 Å². The first-order valence-corrected chi connectivity index (χ1v) is 11.3. The van der Waals surface area contributed by atoms with Gasteiger partial charge in [-0.05, 0) is 55.2 Å². The predicted octanol–water partition coefficient (Wildman–Crippen LogP) is 1.98. The van der Waals surface area contributed by atoms with Crippen LogP contribution < -0.4 is 39.1 Å². The predicted molar refractivity (Wildman–Crippen MR) is 125 cm³/mol. The molecule has 0 radical (unpaired) electrons. The van der Waals surface area contributed by atoms with Crippen LogP contribution in [0.4, 0.5) is 5.69 Å². The monoisotopic (exact) mass is 588 g/mol. The molecule has 0 aliphatic carbocycles. The van der Waals surface area contributed by atoms with Crippen LogP contribution >= 0.6 is 23.2 Å². The van der Waals surface area contributed by atoms with Gasteiger partial charge in [-0.25, -0.2) is 4.59 Å². The maximum atomic E-state index is 13.2. The van der Waals surface area contributed by atoms with Crippen molar-refractivity contribution in [3.8, 4) is 5.75 Å². The lowest BCUT2D eigenvalue weighted by Gasteiger charge is -2.36. The van der Waals surface area contributed by atoms with E-state index in [9.17, 15) is 4.79 Å². The number of carbonyl (C=O) groups is 1. The molecule has 32 heavy (non-hydrogen) atoms. The van der Waals surface area contributed by atoms with Gasteiger partial charge in [-0.1, -0.05) is 35.3 Å². The number of quaternary nitrogens is 1. The Hall–Kier alpha value is -1.55. The van der Waals surface area contributed by atoms with Crippen molar-refractivity contribution in [2.75, 3.05) is 32.3 Å². The molecule has 1 amide bonds. The van der Waals surface area contributed by atoms with Gasteiger partial charge in [-0.15, -0.1) is 0 Å². The third-order valence-corrected chi connectivity index (χ3v) is 6.54. The molecule has 4 rings (SSSR count). The van der Waals surface area contributed by atoms with Gasteiger partial charge in [0.1, 0.15) is 24.6 Å². The summed E-state index contributed by atoms with van der Waals surface area (Å²) in [7, 11) is 3.71. The second-order valence-electron chi connectivity index (χ2n) is 8.32. The van der Waals surface area contributed by atoms with Gasteiger partial charge in [-0.2, -0.15) is 10.5 Å². The van der Waals surface area contributed by atoms with E-state index >= 15 is 0 Å². The van der Waals surface area contributed by atoms with Crippen LogP contribution in [-0.2, 0) is 4.79 Å². The summed E-state index contributed by atoms with van der Waals surface area (Å²) in [6.45, 7) is 1.88. The minimum Gasteiger partial charge on any atom is -1.00 e. The summed E-state index contributed by atoms with van der Waals surface area (Å²) in [6, 6.07) is 13.0. The van der Waals surface area contributed by atoms with Crippen LogP contribution in [0.5, 0.6) is 5.75 Å². The number of piperidine rings is 1. The smallest absolute Gasteiger partial charge is 0.312 e. The fraction of sp³-hybridized carbons (Fsp3) is 0.391. The third-order valence-electron chi connectivity index (χ3n) is 6.00. The van der Waals surface area contributed by atoms with E-state index in [1.807, 2.05) is 35.3 Å². The molecule has 172 valence electrons. The van der Waals surface area contributed by atoms with Crippen molar-refractivity contribution in [2.45, 2.75) is 31.7 Å². The highest BCUT2D eigenvalue weighted by Gasteiger charge is 2.36. The number of likely N-dealkylation sites (tertiary alicyclic amines) is 1. The normalized spacial score (nSPS) is 19.7. The molecule has 1 N–H and O–H groups in total. The molecule has 9 heteroatoms. The Morgan fingerprint density at radius 1 is 1.12 bits per heavy atom. The number of nitrogens with one attached hydrogen (secondary N) is 1. The minimum atomic E-state index is -0.156. The number of nitrogens with zero attached hydrogens (tertiary/aromatic N) is 3. The fourth-order valence-corrected chi connectivity index (χ4v) is 4.75. The second kappa shape index (κ2) is 10.6. The Labute approximate surface area is 216 Å². The molecule has 2 aromatic rings. The Morgan fingerprint density at radius 2 is 1.81 bits per heavy atom. The van der Waals surface area contributed by atoms with Gasteiger partial charge in [0.15, 0.2) is 0 Å². The fourth-order valence-electron chi connectivity index (χ4n) is 4.25. The Kier molecular flexibility index (Phi) is 8.30. The lowest BCUT2D eigenvalue weighted by molar-refractivity contribution is -0.947. The summed E-state index contributed by atoms with van der Waals surface area (Å²) >= 11 is 12.6. The molecule has 1 fully saturated rings. The molecule has 1 unspecified atom stereocenters. The van der Waals surface area contributed by atoms with Crippen LogP contribution in [0.3, 0.4) is 0 Å². The van der Waals surface area contributed by atoms with Crippen LogP contribution in [0.15, 0.2) is 47.6 Å². The molecule has 0 bridgehead atoms. The number of benzene rings is 2. The molecule has 1 saturated heterocycles. The van der Waals surface area contributed by atoms with Crippen LogP contribution in [0, 0.1) is 0 Å². The molecular weight excluding hydrogens is 562 g/mol. The number of methoxy groups -OCH3 is 1. The molecular formula is C23H27Cl2IN4O2. The number of anilines is 1. The lowest BCUT2D eigenvalue weighted by atomic mass is 10.0. The Bertz CT molecular complexity index is 994. The van der Waals surface area contributed by atoms with E-state index in [1.165, 1.54) is 6.42 Å². The van der Waals surface area contributed by atoms with Crippen LogP contribution in [0.25, 0.3) is 0 Å². The lowest BCUT2D eigenvalue weighted by Crippen LogP contribution is -3.00. The van der Waals surface area contributed by atoms with Gasteiger partial charge in [-0.3, -0.25) is 9.80 Å². The van der Waals surface area contributed by atoms with Crippen molar-refractivity contribution in [1.29, 1.82) is 0 Å². The molecule has 1 atom stereocenters. The molecule has 2 heterocycles. The average molecular weight is 589 g/mol. The van der Waals surface area contributed by atoms with E-state index < -0.39 is 0 Å². The first kappa shape index (κ1) is 25.1. The van der Waals surface area contributed by atoms with Crippen molar-refractivity contribution < 1.29 is 38.1 Å². The molecule has 0 spiro atoms. The third kappa shape index (κ3) is 5.50. The number of carbonyl (C=O) groups excluding carboxylic acids is 1. The van der Waals surface area contributed by atoms with E-state index in [0.717, 1.165) is 37.2 Å². The highest BCUT2D eigenvalue weighted by atomic mass is 127. The van der Waals surface area contributed by atoms with E-state index in [4.69, 9.17) is 33.0 Å². The zero-order chi connectivity index (χ0) is 22.0. The zero-order valence-electron chi connectivity index (χ0n) is 18.2. The zero-order valence-corrected chi connectivity index (χ0v) is 21.8. The number of halogens is 3. The number of amides is 1. The molecule has 2 aromatic carbocycles. The SMILES string of the molecule is COc1ccc(C2CC(C(=O)N[N+]3(C)CCCCC3)=NN2c2ccc(Cl)cc2Cl)cc1.[I-]. The van der Waals surface area contributed by atoms with Crippen LogP contribution in [0.1, 0.15) is 37.3 Å². The number of rotatable bonds is 5. The Balaban J connectivity index is 0.00000289. The van der Waals surface area contributed by atoms with E-state index in [-0.39, 0.29) is 35.9 Å². The summed E-state index contributed by atoms with van der Waals surface area (Å²) in [6.07, 6.45) is 3.93. The summed E-state index contributed by atoms with van der Waals surface area (Å²) in [4.78, 5) is 13.2. The van der Waals surface area contributed by atoms with Crippen molar-refractivity contribution in [2.24, 2.45) is 5.10 Å². The highest BCUT2D eigenvalue weighted by Crippen LogP contribution is 2.40. The molecule has 0 aromatic heterocycles. The first-order valence-electron chi connectivity index (χ1n) is 10.5. The molecule has 0 saturated carbocycles. The summed E-state index contributed by atoms with van der Waals surface area (Å²) in [5.41, 5.74) is 5.43. The second-order valence-corrected chi connectivity index (χ2v) is 9.17. The quantitative estimate of drug-likeness (QED) is 0.429. The van der Waals surface area contributed by atoms with E-state index in [1.54, 1.807) is 19.2 Å². The number of hydrogen-bond donors (Lipinski definition) is 1. The topological polar surface area (TPSA) is 53.9 Å². The molecule has 6 nitrogen and oxygen atoms in total. The van der Waals surface area contributed by atoms with Crippen molar-refractivity contribution in [3.05, 3.63) is 58.1 Å². The number of hydrogen-bond acceptors (Lipinski definition) is 4. The van der Waals surface area contributed by atoms with Crippen LogP contribution in [-0.4, -0.2) is 43.5 Å². The van der Waals surface area contributed by atoms with E-state index in [0.29, 0.717) is 32.5 Å². The van der Waals surface area contributed by atoms with Crippen molar-refractivity contribution >= 4 is 40.5 Å². The van der Waals surface area contributed by atoms with Gasteiger partial charge < -0.3 is 28.7 Å². The van der Waals surface area contributed by atoms with Gasteiger partial charge in [0.05, 0.1) is 30.9 Å². The van der Waals surface area contributed by atoms with Gasteiger partial charge in [0.25, 0.3) is 0 Å². The minimum absolute atomic E-state index is 0. The summed E-state index contributed by atoms with van der Waals surface area (Å²) < 4.78 is 5.83. The first-order chi connectivity index (χ1) is 14.9. The van der Waals surface area contributed by atoms with Gasteiger partial charge in [0.2, 0.25) is 0 Å². The molecule has 2 aliphatic heterocycles. The standard InChI is InChI=1S/C23H26Cl2N4O2.HI/c1-29(12-4-3-5-13-29)27-23(30)20-15-22(16-6-9-18(31-2)10-7-16)28(26-20)21-11-8-17(24)14-19(21)25;/h6-11,14,22H,3-5,12-13,15H2,1-2H3;1H. The van der Waals surface area contributed by atoms with E-state index in [2.05, 4.69) is 12.5 Å².